The van der Waals surface area contributed by atoms with Crippen molar-refractivity contribution in [3.05, 3.63) is 11.9 Å². The Morgan fingerprint density at radius 1 is 1.43 bits per heavy atom. The predicted octanol–water partition coefficient (Wildman–Crippen LogP) is -1.31. The van der Waals surface area contributed by atoms with E-state index in [-0.39, 0.29) is 17.8 Å². The third kappa shape index (κ3) is 5.00. The summed E-state index contributed by atoms with van der Waals surface area (Å²) in [5.74, 6) is -1.14. The molecule has 0 saturated carbocycles. The number of rotatable bonds is 6. The van der Waals surface area contributed by atoms with Gasteiger partial charge in [0.25, 0.3) is 0 Å². The van der Waals surface area contributed by atoms with Gasteiger partial charge in [-0.05, 0) is 0 Å². The number of hydrogen-bond donors (Lipinski definition) is 3. The molecule has 2 amide bonds. The lowest BCUT2D eigenvalue weighted by Gasteiger charge is -2.23. The molecule has 1 fully saturated rings. The maximum absolute atomic E-state index is 11.5. The van der Waals surface area contributed by atoms with Crippen LogP contribution in [0.2, 0.25) is 0 Å². The Bertz CT molecular complexity index is 485. The van der Waals surface area contributed by atoms with Crippen LogP contribution in [0.15, 0.2) is 6.20 Å². The molecule has 10 heteroatoms. The number of carboxylic acids is 1. The van der Waals surface area contributed by atoms with Crippen LogP contribution < -0.4 is 10.6 Å². The highest BCUT2D eigenvalue weighted by Crippen LogP contribution is 1.98. The summed E-state index contributed by atoms with van der Waals surface area (Å²) in [6.45, 7) is 2.59. The van der Waals surface area contributed by atoms with E-state index in [0.717, 1.165) is 0 Å². The number of nitrogens with one attached hydrogen (secondary N) is 2. The zero-order valence-corrected chi connectivity index (χ0v) is 11.3. The summed E-state index contributed by atoms with van der Waals surface area (Å²) < 4.78 is 11.9. The fourth-order valence-electron chi connectivity index (χ4n) is 1.71. The molecule has 0 radical (unpaired) electrons. The van der Waals surface area contributed by atoms with Gasteiger partial charge in [-0.15, -0.1) is 5.10 Å². The van der Waals surface area contributed by atoms with Crippen molar-refractivity contribution in [3.8, 4) is 0 Å². The van der Waals surface area contributed by atoms with Gasteiger partial charge in [-0.2, -0.15) is 0 Å². The largest absolute Gasteiger partial charge is 0.476 e. The van der Waals surface area contributed by atoms with Gasteiger partial charge in [0.05, 0.1) is 38.7 Å². The smallest absolute Gasteiger partial charge is 0.358 e. The number of carboxylic acid groups (broad SMARTS) is 1. The number of amides is 2. The predicted molar refractivity (Wildman–Crippen MR) is 68.9 cm³/mol. The van der Waals surface area contributed by atoms with Gasteiger partial charge in [0.15, 0.2) is 5.69 Å². The molecule has 2 heterocycles. The molecular formula is C11H17N5O5. The summed E-state index contributed by atoms with van der Waals surface area (Å²) in [6, 6.07) is -0.331. The van der Waals surface area contributed by atoms with Gasteiger partial charge in [-0.25, -0.2) is 14.3 Å². The monoisotopic (exact) mass is 299 g/mol. The number of carbonyl (C=O) groups is 2. The van der Waals surface area contributed by atoms with Crippen LogP contribution in [-0.4, -0.2) is 71.1 Å². The molecule has 1 atom stereocenters. The Kier molecular flexibility index (Phi) is 5.46. The molecule has 0 aliphatic carbocycles. The zero-order chi connectivity index (χ0) is 15.1. The maximum atomic E-state index is 11.5. The first-order valence-corrected chi connectivity index (χ1v) is 6.49. The van der Waals surface area contributed by atoms with Crippen LogP contribution in [-0.2, 0) is 16.0 Å². The highest BCUT2D eigenvalue weighted by Gasteiger charge is 2.15. The number of hydrogen-bond acceptors (Lipinski definition) is 6. The van der Waals surface area contributed by atoms with Crippen LogP contribution in [0.5, 0.6) is 0 Å². The Morgan fingerprint density at radius 3 is 2.95 bits per heavy atom. The van der Waals surface area contributed by atoms with Crippen LogP contribution in [0.3, 0.4) is 0 Å². The van der Waals surface area contributed by atoms with E-state index in [2.05, 4.69) is 20.9 Å². The van der Waals surface area contributed by atoms with Crippen LogP contribution in [0.25, 0.3) is 0 Å². The van der Waals surface area contributed by atoms with Crippen molar-refractivity contribution in [2.24, 2.45) is 0 Å². The zero-order valence-electron chi connectivity index (χ0n) is 11.3. The Hall–Kier alpha value is -2.20. The lowest BCUT2D eigenvalue weighted by atomic mass is 10.3. The van der Waals surface area contributed by atoms with Crippen molar-refractivity contribution in [3.63, 3.8) is 0 Å². The van der Waals surface area contributed by atoms with Crippen LogP contribution in [0, 0.1) is 0 Å². The van der Waals surface area contributed by atoms with E-state index in [1.807, 2.05) is 0 Å². The minimum atomic E-state index is -1.14. The second-order valence-electron chi connectivity index (χ2n) is 4.38. The summed E-state index contributed by atoms with van der Waals surface area (Å²) >= 11 is 0. The van der Waals surface area contributed by atoms with Crippen molar-refractivity contribution in [1.82, 2.24) is 25.6 Å². The van der Waals surface area contributed by atoms with Gasteiger partial charge in [0.1, 0.15) is 0 Å². The molecule has 1 aromatic rings. The first kappa shape index (κ1) is 15.2. The summed E-state index contributed by atoms with van der Waals surface area (Å²) in [7, 11) is 0. The highest BCUT2D eigenvalue weighted by atomic mass is 16.6. The lowest BCUT2D eigenvalue weighted by molar-refractivity contribution is -0.0853. The average molecular weight is 299 g/mol. The quantitative estimate of drug-likeness (QED) is 0.595. The van der Waals surface area contributed by atoms with Gasteiger partial charge in [0, 0.05) is 13.1 Å². The van der Waals surface area contributed by atoms with E-state index in [1.54, 1.807) is 0 Å². The van der Waals surface area contributed by atoms with Crippen molar-refractivity contribution >= 4 is 12.0 Å². The van der Waals surface area contributed by atoms with Gasteiger partial charge >= 0.3 is 12.0 Å². The van der Waals surface area contributed by atoms with Crippen molar-refractivity contribution in [2.45, 2.75) is 12.6 Å². The van der Waals surface area contributed by atoms with E-state index in [0.29, 0.717) is 39.5 Å². The van der Waals surface area contributed by atoms with E-state index in [4.69, 9.17) is 14.6 Å². The summed E-state index contributed by atoms with van der Waals surface area (Å²) in [5.41, 5.74) is -0.131. The summed E-state index contributed by atoms with van der Waals surface area (Å²) in [6.07, 6.45) is 1.17. The third-order valence-corrected chi connectivity index (χ3v) is 2.76. The summed E-state index contributed by atoms with van der Waals surface area (Å²) in [5, 5.41) is 21.1. The van der Waals surface area contributed by atoms with Crippen LogP contribution in [0.4, 0.5) is 4.79 Å². The number of carbonyl (C=O) groups excluding carboxylic acids is 1. The molecule has 1 aliphatic heterocycles. The molecule has 10 nitrogen and oxygen atoms in total. The SMILES string of the molecule is O=C(NCCn1cc(C(=O)O)nn1)NCC1COCCO1. The molecule has 0 spiro atoms. The Balaban J connectivity index is 1.61. The van der Waals surface area contributed by atoms with E-state index in [1.165, 1.54) is 10.9 Å². The molecule has 2 rings (SSSR count). The fraction of sp³-hybridized carbons (Fsp3) is 0.636. The first-order valence-electron chi connectivity index (χ1n) is 6.49. The molecule has 1 aromatic heterocycles. The molecule has 1 saturated heterocycles. The normalized spacial score (nSPS) is 18.2. The Morgan fingerprint density at radius 2 is 2.29 bits per heavy atom. The second kappa shape index (κ2) is 7.55. The molecular weight excluding hydrogens is 282 g/mol. The maximum Gasteiger partial charge on any atom is 0.358 e. The van der Waals surface area contributed by atoms with Gasteiger partial charge in [-0.3, -0.25) is 0 Å². The van der Waals surface area contributed by atoms with Crippen LogP contribution in [0.1, 0.15) is 10.5 Å². The number of nitrogens with zero attached hydrogens (tertiary/aromatic N) is 3. The Labute approximate surface area is 120 Å². The number of aromatic carboxylic acids is 1. The molecule has 116 valence electrons. The van der Waals surface area contributed by atoms with Gasteiger partial charge in [0.2, 0.25) is 0 Å². The van der Waals surface area contributed by atoms with E-state index in [9.17, 15) is 9.59 Å². The molecule has 0 bridgehead atoms. The van der Waals surface area contributed by atoms with Crippen molar-refractivity contribution < 1.29 is 24.2 Å². The number of aromatic nitrogens is 3. The van der Waals surface area contributed by atoms with Crippen molar-refractivity contribution in [2.75, 3.05) is 32.9 Å². The molecule has 1 unspecified atom stereocenters. The van der Waals surface area contributed by atoms with Crippen molar-refractivity contribution in [1.29, 1.82) is 0 Å². The second-order valence-corrected chi connectivity index (χ2v) is 4.38. The van der Waals surface area contributed by atoms with Gasteiger partial charge in [-0.1, -0.05) is 5.21 Å². The number of urea groups is 1. The number of ether oxygens (including phenoxy) is 2. The molecule has 3 N–H and O–H groups in total. The average Bonchev–Trinajstić information content (AvgIpc) is 2.95. The van der Waals surface area contributed by atoms with Gasteiger partial charge < -0.3 is 25.2 Å². The fourth-order valence-corrected chi connectivity index (χ4v) is 1.71. The van der Waals surface area contributed by atoms with E-state index < -0.39 is 5.97 Å². The third-order valence-electron chi connectivity index (χ3n) is 2.76. The highest BCUT2D eigenvalue weighted by molar-refractivity contribution is 5.84. The van der Waals surface area contributed by atoms with E-state index >= 15 is 0 Å². The first-order chi connectivity index (χ1) is 10.1. The minimum absolute atomic E-state index is 0.127. The standard InChI is InChI=1S/C11H17N5O5/c17-10(18)9-6-16(15-14-9)2-1-12-11(19)13-5-8-7-20-3-4-21-8/h6,8H,1-5,7H2,(H,17,18)(H2,12,13,19). The molecule has 1 aliphatic rings. The minimum Gasteiger partial charge on any atom is -0.476 e. The summed E-state index contributed by atoms with van der Waals surface area (Å²) in [4.78, 5) is 22.1. The molecule has 0 aromatic carbocycles. The topological polar surface area (TPSA) is 128 Å². The molecule has 21 heavy (non-hydrogen) atoms. The lowest BCUT2D eigenvalue weighted by Crippen LogP contribution is -2.44. The van der Waals surface area contributed by atoms with Crippen LogP contribution >= 0.6 is 0 Å².